The third-order valence-corrected chi connectivity index (χ3v) is 7.23. The minimum Gasteiger partial charge on any atom is -0.381 e. The van der Waals surface area contributed by atoms with Crippen LogP contribution in [0.4, 0.5) is 17.3 Å². The van der Waals surface area contributed by atoms with E-state index in [9.17, 15) is 9.59 Å². The van der Waals surface area contributed by atoms with E-state index in [1.165, 1.54) is 6.20 Å². The van der Waals surface area contributed by atoms with Gasteiger partial charge in [-0.25, -0.2) is 4.98 Å². The van der Waals surface area contributed by atoms with Crippen LogP contribution in [0.5, 0.6) is 0 Å². The summed E-state index contributed by atoms with van der Waals surface area (Å²) in [4.78, 5) is 30.9. The molecule has 2 atom stereocenters. The van der Waals surface area contributed by atoms with Crippen molar-refractivity contribution in [3.05, 3.63) is 46.5 Å². The first-order chi connectivity index (χ1) is 16.9. The van der Waals surface area contributed by atoms with Gasteiger partial charge >= 0.3 is 0 Å². The molecule has 3 aromatic rings. The molecule has 11 nitrogen and oxygen atoms in total. The highest BCUT2D eigenvalue weighted by atomic mass is 16.5. The van der Waals surface area contributed by atoms with Gasteiger partial charge in [0.2, 0.25) is 0 Å². The molecule has 35 heavy (non-hydrogen) atoms. The van der Waals surface area contributed by atoms with Gasteiger partial charge in [0.1, 0.15) is 22.9 Å². The van der Waals surface area contributed by atoms with Gasteiger partial charge in [-0.3, -0.25) is 9.59 Å². The Hall–Kier alpha value is -3.44. The number of fused-ring (bicyclic) bond motifs is 1. The van der Waals surface area contributed by atoms with E-state index in [2.05, 4.69) is 26.0 Å². The number of amides is 1. The second kappa shape index (κ2) is 9.31. The van der Waals surface area contributed by atoms with E-state index in [4.69, 9.17) is 9.47 Å². The number of nitrogens with one attached hydrogen (secondary N) is 3. The van der Waals surface area contributed by atoms with Crippen molar-refractivity contribution in [2.24, 2.45) is 0 Å². The Morgan fingerprint density at radius 2 is 2.09 bits per heavy atom. The van der Waals surface area contributed by atoms with Crippen LogP contribution < -0.4 is 21.5 Å². The minimum atomic E-state index is -0.368. The number of methoxy groups -OCH3 is 1. The van der Waals surface area contributed by atoms with E-state index in [-0.39, 0.29) is 29.2 Å². The Bertz CT molecular complexity index is 1290. The van der Waals surface area contributed by atoms with Crippen LogP contribution in [-0.4, -0.2) is 64.1 Å². The van der Waals surface area contributed by atoms with Crippen molar-refractivity contribution in [1.29, 1.82) is 0 Å². The van der Waals surface area contributed by atoms with Gasteiger partial charge in [-0.05, 0) is 44.7 Å². The smallest absolute Gasteiger partial charge is 0.274 e. The number of carbonyl (C=O) groups is 1. The summed E-state index contributed by atoms with van der Waals surface area (Å²) in [5.41, 5.74) is 0.655. The third-order valence-electron chi connectivity index (χ3n) is 7.23. The number of anilines is 3. The summed E-state index contributed by atoms with van der Waals surface area (Å²) in [5.74, 6) is 0.799. The lowest BCUT2D eigenvalue weighted by molar-refractivity contribution is -0.0828. The summed E-state index contributed by atoms with van der Waals surface area (Å²) in [6.07, 6.45) is 6.66. The predicted octanol–water partition coefficient (Wildman–Crippen LogP) is 2.33. The lowest BCUT2D eigenvalue weighted by Gasteiger charge is -2.45. The molecule has 1 amide bonds. The molecular weight excluding hydrogens is 450 g/mol. The zero-order valence-electron chi connectivity index (χ0n) is 20.2. The highest BCUT2D eigenvalue weighted by Gasteiger charge is 2.44. The molecule has 3 aromatic heterocycles. The molecule has 0 spiro atoms. The summed E-state index contributed by atoms with van der Waals surface area (Å²) < 4.78 is 14.3. The molecule has 1 saturated carbocycles. The zero-order chi connectivity index (χ0) is 24.6. The maximum Gasteiger partial charge on any atom is 0.274 e. The Morgan fingerprint density at radius 1 is 1.29 bits per heavy atom. The van der Waals surface area contributed by atoms with Crippen LogP contribution >= 0.6 is 0 Å². The summed E-state index contributed by atoms with van der Waals surface area (Å²) >= 11 is 0. The van der Waals surface area contributed by atoms with Crippen LogP contribution in [0, 0.1) is 0 Å². The molecule has 3 N–H and O–H groups in total. The molecule has 0 radical (unpaired) electrons. The van der Waals surface area contributed by atoms with Crippen molar-refractivity contribution in [3.63, 3.8) is 0 Å². The molecule has 0 unspecified atom stereocenters. The molecule has 5 rings (SSSR count). The molecule has 1 aliphatic carbocycles. The maximum absolute atomic E-state index is 13.2. The molecule has 11 heteroatoms. The number of hydrogen-bond acceptors (Lipinski definition) is 8. The molecule has 1 saturated heterocycles. The van der Waals surface area contributed by atoms with E-state index in [1.807, 2.05) is 19.2 Å². The van der Waals surface area contributed by atoms with Crippen LogP contribution in [0.2, 0.25) is 0 Å². The first kappa shape index (κ1) is 23.3. The summed E-state index contributed by atoms with van der Waals surface area (Å²) in [6, 6.07) is 5.36. The average Bonchev–Trinajstić information content (AvgIpc) is 3.31. The van der Waals surface area contributed by atoms with Crippen LogP contribution in [0.25, 0.3) is 5.65 Å². The lowest BCUT2D eigenvalue weighted by atomic mass is 9.76. The number of rotatable bonds is 7. The van der Waals surface area contributed by atoms with Gasteiger partial charge in [-0.15, -0.1) is 0 Å². The van der Waals surface area contributed by atoms with Crippen LogP contribution in [-0.2, 0) is 9.47 Å². The van der Waals surface area contributed by atoms with Gasteiger partial charge in [-0.2, -0.15) is 9.61 Å². The van der Waals surface area contributed by atoms with E-state index >= 15 is 0 Å². The largest absolute Gasteiger partial charge is 0.381 e. The Balaban J connectivity index is 1.45. The normalized spacial score (nSPS) is 22.5. The first-order valence-electron chi connectivity index (χ1n) is 11.9. The zero-order valence-corrected chi connectivity index (χ0v) is 20.2. The number of hydrogen-bond donors (Lipinski definition) is 3. The number of aromatic nitrogens is 4. The molecular formula is C24H31N7O4. The van der Waals surface area contributed by atoms with Crippen LogP contribution in [0.3, 0.4) is 0 Å². The fourth-order valence-electron chi connectivity index (χ4n) is 4.76. The number of nitrogens with zero attached hydrogens (tertiary/aromatic N) is 4. The fourth-order valence-corrected chi connectivity index (χ4v) is 4.76. The average molecular weight is 482 g/mol. The molecule has 0 aromatic carbocycles. The first-order valence-corrected chi connectivity index (χ1v) is 11.9. The fraction of sp³-hybridized carbons (Fsp3) is 0.500. The van der Waals surface area contributed by atoms with Gasteiger partial charge < -0.3 is 30.0 Å². The Morgan fingerprint density at radius 3 is 2.77 bits per heavy atom. The van der Waals surface area contributed by atoms with Crippen molar-refractivity contribution >= 4 is 28.9 Å². The molecule has 2 aliphatic rings. The van der Waals surface area contributed by atoms with Gasteiger partial charge in [0, 0.05) is 45.7 Å². The quantitative estimate of drug-likeness (QED) is 0.470. The number of pyridine rings is 1. The van der Waals surface area contributed by atoms with Gasteiger partial charge in [0.15, 0.2) is 5.65 Å². The predicted molar refractivity (Wildman–Crippen MR) is 132 cm³/mol. The van der Waals surface area contributed by atoms with Crippen molar-refractivity contribution in [3.8, 4) is 0 Å². The summed E-state index contributed by atoms with van der Waals surface area (Å²) in [5, 5.41) is 13.6. The molecule has 0 bridgehead atoms. The standard InChI is InChI=1S/C24H31N7O4/c1-24(34-3)9-6-18(24)28-22(32)16-14-26-31-20(25-2)13-19(29-21(16)31)27-17-5-4-10-30(23(17)33)15-7-11-35-12-8-15/h4-5,10,13-15,18,25H,6-9,11-12H2,1-3H3,(H,27,29)(H,28,32)/t18-,24-/m0/s1. The second-order valence-corrected chi connectivity index (χ2v) is 9.25. The SMILES string of the molecule is CNc1cc(Nc2cccn(C3CCOCC3)c2=O)nc2c(C(=O)N[C@H]3CC[C@]3(C)OC)cnn12. The van der Waals surface area contributed by atoms with Crippen molar-refractivity contribution < 1.29 is 14.3 Å². The lowest BCUT2D eigenvalue weighted by Crippen LogP contribution is -2.59. The van der Waals surface area contributed by atoms with E-state index in [0.717, 1.165) is 25.7 Å². The van der Waals surface area contributed by atoms with E-state index in [1.54, 1.807) is 35.4 Å². The van der Waals surface area contributed by atoms with Gasteiger partial charge in [0.25, 0.3) is 11.5 Å². The van der Waals surface area contributed by atoms with E-state index < -0.39 is 0 Å². The summed E-state index contributed by atoms with van der Waals surface area (Å²) in [6.45, 7) is 3.29. The Labute approximate surface area is 202 Å². The van der Waals surface area contributed by atoms with E-state index in [0.29, 0.717) is 41.7 Å². The highest BCUT2D eigenvalue weighted by Crippen LogP contribution is 2.35. The van der Waals surface area contributed by atoms with Crippen LogP contribution in [0.1, 0.15) is 49.0 Å². The Kier molecular flexibility index (Phi) is 6.20. The van der Waals surface area contributed by atoms with Gasteiger partial charge in [-0.1, -0.05) is 0 Å². The molecule has 4 heterocycles. The third kappa shape index (κ3) is 4.25. The molecule has 2 fully saturated rings. The molecule has 1 aliphatic heterocycles. The van der Waals surface area contributed by atoms with Crippen LogP contribution in [0.15, 0.2) is 35.4 Å². The highest BCUT2D eigenvalue weighted by molar-refractivity contribution is 6.00. The minimum absolute atomic E-state index is 0.0759. The van der Waals surface area contributed by atoms with Crippen molar-refractivity contribution in [2.75, 3.05) is 38.0 Å². The molecule has 186 valence electrons. The van der Waals surface area contributed by atoms with Crippen molar-refractivity contribution in [1.82, 2.24) is 24.5 Å². The second-order valence-electron chi connectivity index (χ2n) is 9.25. The summed E-state index contributed by atoms with van der Waals surface area (Å²) in [7, 11) is 3.42. The monoisotopic (exact) mass is 481 g/mol. The number of carbonyl (C=O) groups excluding carboxylic acids is 1. The van der Waals surface area contributed by atoms with Crippen molar-refractivity contribution in [2.45, 2.75) is 50.3 Å². The van der Waals surface area contributed by atoms with Gasteiger partial charge in [0.05, 0.1) is 17.8 Å². The topological polar surface area (TPSA) is 124 Å². The number of ether oxygens (including phenoxy) is 2. The maximum atomic E-state index is 13.2.